The molecule has 6 heteroatoms. The number of rotatable bonds is 8. The van der Waals surface area contributed by atoms with Gasteiger partial charge in [-0.15, -0.1) is 0 Å². The fourth-order valence-electron chi connectivity index (χ4n) is 0.633. The van der Waals surface area contributed by atoms with Crippen LogP contribution in [0.4, 0.5) is 0 Å². The molecule has 0 aromatic heterocycles. The van der Waals surface area contributed by atoms with Crippen molar-refractivity contribution < 1.29 is 13.6 Å². The van der Waals surface area contributed by atoms with E-state index < -0.39 is 8.25 Å². The van der Waals surface area contributed by atoms with E-state index in [1.54, 1.807) is 0 Å². The van der Waals surface area contributed by atoms with Gasteiger partial charge in [-0.1, -0.05) is 0 Å². The van der Waals surface area contributed by atoms with E-state index in [4.69, 9.17) is 9.05 Å². The summed E-state index contributed by atoms with van der Waals surface area (Å²) < 4.78 is 21.0. The van der Waals surface area contributed by atoms with Gasteiger partial charge in [-0.3, -0.25) is 9.05 Å². The third-order valence-corrected chi connectivity index (χ3v) is 2.26. The Kier molecular flexibility index (Phi) is 8.23. The third-order valence-electron chi connectivity index (χ3n) is 1.47. The second-order valence-electron chi connectivity index (χ2n) is 3.50. The van der Waals surface area contributed by atoms with Crippen molar-refractivity contribution in [3.63, 3.8) is 0 Å². The Morgan fingerprint density at radius 2 is 1.29 bits per heavy atom. The Labute approximate surface area is 86.9 Å². The number of hydrogen-bond donors (Lipinski definition) is 0. The molecule has 0 aromatic rings. The van der Waals surface area contributed by atoms with Crippen LogP contribution in [0.3, 0.4) is 0 Å². The average molecular weight is 223 g/mol. The summed E-state index contributed by atoms with van der Waals surface area (Å²) >= 11 is 0. The summed E-state index contributed by atoms with van der Waals surface area (Å²) in [6.07, 6.45) is 0. The van der Waals surface area contributed by atoms with E-state index in [2.05, 4.69) is 0 Å². The highest BCUT2D eigenvalue weighted by atomic mass is 31.1. The van der Waals surface area contributed by atoms with Crippen LogP contribution >= 0.6 is 8.25 Å². The Morgan fingerprint density at radius 3 is 1.57 bits per heavy atom. The molecule has 0 aliphatic rings. The molecule has 5 nitrogen and oxygen atoms in total. The van der Waals surface area contributed by atoms with Crippen molar-refractivity contribution in [2.45, 2.75) is 0 Å². The molecular weight excluding hydrogens is 203 g/mol. The molecule has 0 aromatic carbocycles. The van der Waals surface area contributed by atoms with E-state index in [1.165, 1.54) is 0 Å². The van der Waals surface area contributed by atoms with Crippen molar-refractivity contribution >= 4 is 8.25 Å². The van der Waals surface area contributed by atoms with Gasteiger partial charge in [-0.25, -0.2) is 4.57 Å². The Hall–Kier alpha value is -0.0600. The second kappa shape index (κ2) is 8.26. The molecule has 0 saturated carbocycles. The van der Waals surface area contributed by atoms with Gasteiger partial charge in [0, 0.05) is 13.1 Å². The number of hydrogen-bond acceptors (Lipinski definition) is 5. The summed E-state index contributed by atoms with van der Waals surface area (Å²) in [5.74, 6) is 0. The van der Waals surface area contributed by atoms with Crippen molar-refractivity contribution in [3.05, 3.63) is 0 Å². The topological polar surface area (TPSA) is 42.0 Å². The van der Waals surface area contributed by atoms with E-state index in [0.29, 0.717) is 13.2 Å². The van der Waals surface area contributed by atoms with Gasteiger partial charge in [0.25, 0.3) is 0 Å². The molecule has 0 unspecified atom stereocenters. The summed E-state index contributed by atoms with van der Waals surface area (Å²) in [6, 6.07) is 0. The second-order valence-corrected chi connectivity index (χ2v) is 4.46. The minimum absolute atomic E-state index is 0.435. The van der Waals surface area contributed by atoms with E-state index in [1.807, 2.05) is 38.0 Å². The highest BCUT2D eigenvalue weighted by Gasteiger charge is 2.02. The van der Waals surface area contributed by atoms with Gasteiger partial charge in [0.05, 0.1) is 13.2 Å². The minimum atomic E-state index is -1.95. The van der Waals surface area contributed by atoms with Crippen LogP contribution in [0.2, 0.25) is 0 Å². The highest BCUT2D eigenvalue weighted by molar-refractivity contribution is 7.33. The molecule has 0 fully saturated rings. The molecule has 0 aliphatic carbocycles. The van der Waals surface area contributed by atoms with E-state index in [-0.39, 0.29) is 0 Å². The molecular formula is C8H20N2O3P. The SMILES string of the molecule is CN(C)CCO[P](=O)OCCN(C)C. The lowest BCUT2D eigenvalue weighted by molar-refractivity contribution is 0.195. The Morgan fingerprint density at radius 1 is 0.929 bits per heavy atom. The van der Waals surface area contributed by atoms with Gasteiger partial charge in [0.1, 0.15) is 0 Å². The molecule has 0 heterocycles. The van der Waals surface area contributed by atoms with Crippen LogP contribution in [0.5, 0.6) is 0 Å². The van der Waals surface area contributed by atoms with Gasteiger partial charge in [0.15, 0.2) is 0 Å². The van der Waals surface area contributed by atoms with Crippen molar-refractivity contribution in [1.29, 1.82) is 0 Å². The standard InChI is InChI=1S/C8H20N2O3P/c1-9(2)5-7-12-14(11)13-8-6-10(3)4/h5-8H2,1-4H3. The lowest BCUT2D eigenvalue weighted by atomic mass is 10.6. The van der Waals surface area contributed by atoms with E-state index in [0.717, 1.165) is 13.1 Å². The fraction of sp³-hybridized carbons (Fsp3) is 1.00. The molecule has 0 aliphatic heterocycles. The van der Waals surface area contributed by atoms with E-state index >= 15 is 0 Å². The third kappa shape index (κ3) is 10.0. The molecule has 14 heavy (non-hydrogen) atoms. The molecule has 0 saturated heterocycles. The van der Waals surface area contributed by atoms with Crippen molar-refractivity contribution in [2.24, 2.45) is 0 Å². The molecule has 0 amide bonds. The fourth-order valence-corrected chi connectivity index (χ4v) is 1.17. The zero-order chi connectivity index (χ0) is 11.0. The predicted octanol–water partition coefficient (Wildman–Crippen LogP) is 0.800. The quantitative estimate of drug-likeness (QED) is 0.569. The van der Waals surface area contributed by atoms with Crippen LogP contribution in [0.1, 0.15) is 0 Å². The monoisotopic (exact) mass is 223 g/mol. The van der Waals surface area contributed by atoms with Gasteiger partial charge >= 0.3 is 8.25 Å². The maximum Gasteiger partial charge on any atom is 0.368 e. The molecule has 0 spiro atoms. The Bertz CT molecular complexity index is 149. The molecule has 85 valence electrons. The van der Waals surface area contributed by atoms with Crippen LogP contribution < -0.4 is 0 Å². The summed E-state index contributed by atoms with van der Waals surface area (Å²) in [7, 11) is 5.79. The first kappa shape index (κ1) is 13.9. The smallest absolute Gasteiger partial charge is 0.307 e. The zero-order valence-corrected chi connectivity index (χ0v) is 10.3. The molecule has 0 N–H and O–H groups in total. The van der Waals surface area contributed by atoms with Crippen LogP contribution in [-0.2, 0) is 13.6 Å². The number of likely N-dealkylation sites (N-methyl/N-ethyl adjacent to an activating group) is 2. The summed E-state index contributed by atoms with van der Waals surface area (Å²) in [5, 5.41) is 0. The first-order valence-electron chi connectivity index (χ1n) is 4.55. The maximum atomic E-state index is 11.1. The summed E-state index contributed by atoms with van der Waals surface area (Å²) in [6.45, 7) is 2.37. The maximum absolute atomic E-state index is 11.1. The highest BCUT2D eigenvalue weighted by Crippen LogP contribution is 2.22. The van der Waals surface area contributed by atoms with Crippen LogP contribution in [0.15, 0.2) is 0 Å². The summed E-state index contributed by atoms with van der Waals surface area (Å²) in [5.41, 5.74) is 0. The molecule has 1 radical (unpaired) electrons. The van der Waals surface area contributed by atoms with Crippen LogP contribution in [0, 0.1) is 0 Å². The molecule has 0 rings (SSSR count). The number of nitrogens with zero attached hydrogens (tertiary/aromatic N) is 2. The van der Waals surface area contributed by atoms with Gasteiger partial charge in [-0.05, 0) is 28.2 Å². The lowest BCUT2D eigenvalue weighted by Crippen LogP contribution is -2.18. The van der Waals surface area contributed by atoms with Crippen molar-refractivity contribution in [3.8, 4) is 0 Å². The lowest BCUT2D eigenvalue weighted by Gasteiger charge is -2.10. The van der Waals surface area contributed by atoms with E-state index in [9.17, 15) is 4.57 Å². The van der Waals surface area contributed by atoms with Gasteiger partial charge in [0.2, 0.25) is 0 Å². The van der Waals surface area contributed by atoms with Crippen molar-refractivity contribution in [1.82, 2.24) is 9.80 Å². The largest absolute Gasteiger partial charge is 0.368 e. The van der Waals surface area contributed by atoms with Crippen molar-refractivity contribution in [2.75, 3.05) is 54.5 Å². The summed E-state index contributed by atoms with van der Waals surface area (Å²) in [4.78, 5) is 3.92. The molecule has 0 bridgehead atoms. The Balaban J connectivity index is 3.28. The first-order chi connectivity index (χ1) is 6.52. The van der Waals surface area contributed by atoms with Crippen LogP contribution in [-0.4, -0.2) is 64.3 Å². The van der Waals surface area contributed by atoms with Gasteiger partial charge < -0.3 is 9.80 Å². The first-order valence-corrected chi connectivity index (χ1v) is 5.64. The minimum Gasteiger partial charge on any atom is -0.307 e. The normalized spacial score (nSPS) is 11.3. The molecule has 0 atom stereocenters. The zero-order valence-electron chi connectivity index (χ0n) is 9.39. The average Bonchev–Trinajstić information content (AvgIpc) is 2.02. The predicted molar refractivity (Wildman–Crippen MR) is 56.6 cm³/mol. The van der Waals surface area contributed by atoms with Crippen LogP contribution in [0.25, 0.3) is 0 Å². The van der Waals surface area contributed by atoms with Gasteiger partial charge in [-0.2, -0.15) is 0 Å².